The Bertz CT molecular complexity index is 299. The molecule has 1 atom stereocenters. The Kier molecular flexibility index (Phi) is 8.81. The minimum atomic E-state index is -1.13. The third kappa shape index (κ3) is 9.76. The first-order chi connectivity index (χ1) is 8.45. The van der Waals surface area contributed by atoms with E-state index in [2.05, 4.69) is 22.9 Å². The molecule has 8 heteroatoms. The van der Waals surface area contributed by atoms with Gasteiger partial charge in [0.2, 0.25) is 5.91 Å². The first-order valence-electron chi connectivity index (χ1n) is 5.48. The quantitative estimate of drug-likeness (QED) is 0.484. The van der Waals surface area contributed by atoms with Gasteiger partial charge in [0.1, 0.15) is 6.54 Å². The van der Waals surface area contributed by atoms with E-state index in [1.807, 2.05) is 6.26 Å². The van der Waals surface area contributed by atoms with Crippen molar-refractivity contribution in [1.29, 1.82) is 0 Å². The number of urea groups is 1. The Hall–Kier alpha value is -1.44. The standard InChI is InChI=1S/C10H19N3O4S/c1-7(18-2)3-4-11-10(17)13-5-8(14)12-6-9(15)16/h7H,3-6H2,1-2H3,(H,12,14)(H,15,16)(H2,11,13,17). The van der Waals surface area contributed by atoms with Gasteiger partial charge in [-0.1, -0.05) is 6.92 Å². The van der Waals surface area contributed by atoms with Gasteiger partial charge in [0.15, 0.2) is 0 Å². The highest BCUT2D eigenvalue weighted by Crippen LogP contribution is 2.07. The van der Waals surface area contributed by atoms with E-state index in [1.165, 1.54) is 0 Å². The zero-order valence-electron chi connectivity index (χ0n) is 10.5. The molecule has 1 unspecified atom stereocenters. The topological polar surface area (TPSA) is 108 Å². The lowest BCUT2D eigenvalue weighted by atomic mass is 10.3. The third-order valence-electron chi connectivity index (χ3n) is 2.09. The van der Waals surface area contributed by atoms with Crippen LogP contribution in [0, 0.1) is 0 Å². The summed E-state index contributed by atoms with van der Waals surface area (Å²) in [6.45, 7) is 1.90. The molecule has 0 heterocycles. The van der Waals surface area contributed by atoms with Crippen LogP contribution in [-0.2, 0) is 9.59 Å². The molecule has 18 heavy (non-hydrogen) atoms. The predicted molar refractivity (Wildman–Crippen MR) is 69.6 cm³/mol. The summed E-state index contributed by atoms with van der Waals surface area (Å²) in [5.74, 6) is -1.66. The van der Waals surface area contributed by atoms with Gasteiger partial charge in [-0.3, -0.25) is 9.59 Å². The van der Waals surface area contributed by atoms with E-state index in [1.54, 1.807) is 11.8 Å². The largest absolute Gasteiger partial charge is 0.480 e. The third-order valence-corrected chi connectivity index (χ3v) is 3.13. The van der Waals surface area contributed by atoms with E-state index in [0.717, 1.165) is 6.42 Å². The van der Waals surface area contributed by atoms with Crippen LogP contribution < -0.4 is 16.0 Å². The van der Waals surface area contributed by atoms with Crippen LogP contribution in [0.25, 0.3) is 0 Å². The molecule has 0 aromatic rings. The van der Waals surface area contributed by atoms with Gasteiger partial charge in [-0.15, -0.1) is 0 Å². The number of carboxylic acid groups (broad SMARTS) is 1. The molecule has 0 spiro atoms. The van der Waals surface area contributed by atoms with Crippen molar-refractivity contribution in [2.24, 2.45) is 0 Å². The number of amides is 3. The summed E-state index contributed by atoms with van der Waals surface area (Å²) < 4.78 is 0. The van der Waals surface area contributed by atoms with Crippen molar-refractivity contribution < 1.29 is 19.5 Å². The Morgan fingerprint density at radius 3 is 2.39 bits per heavy atom. The lowest BCUT2D eigenvalue weighted by Crippen LogP contribution is -2.43. The molecule has 4 N–H and O–H groups in total. The number of nitrogens with one attached hydrogen (secondary N) is 3. The van der Waals surface area contributed by atoms with Crippen molar-refractivity contribution >= 4 is 29.7 Å². The molecule has 7 nitrogen and oxygen atoms in total. The second-order valence-electron chi connectivity index (χ2n) is 3.61. The lowest BCUT2D eigenvalue weighted by Gasteiger charge is -2.10. The van der Waals surface area contributed by atoms with Crippen molar-refractivity contribution in [3.8, 4) is 0 Å². The first kappa shape index (κ1) is 16.6. The maximum atomic E-state index is 11.2. The maximum Gasteiger partial charge on any atom is 0.322 e. The maximum absolute atomic E-state index is 11.2. The van der Waals surface area contributed by atoms with Gasteiger partial charge in [-0.2, -0.15) is 11.8 Å². The SMILES string of the molecule is CSC(C)CCNC(=O)NCC(=O)NCC(=O)O. The molecule has 0 aromatic heterocycles. The molecule has 0 aliphatic carbocycles. The van der Waals surface area contributed by atoms with Gasteiger partial charge >= 0.3 is 12.0 Å². The molecule has 0 bridgehead atoms. The minimum Gasteiger partial charge on any atom is -0.480 e. The van der Waals surface area contributed by atoms with E-state index in [9.17, 15) is 14.4 Å². The molecule has 104 valence electrons. The average molecular weight is 277 g/mol. The summed E-state index contributed by atoms with van der Waals surface area (Å²) in [6, 6.07) is -0.436. The fourth-order valence-corrected chi connectivity index (χ4v) is 1.32. The summed E-state index contributed by atoms with van der Waals surface area (Å²) in [5.41, 5.74) is 0. The van der Waals surface area contributed by atoms with Crippen molar-refractivity contribution in [2.45, 2.75) is 18.6 Å². The molecule has 0 rings (SSSR count). The monoisotopic (exact) mass is 277 g/mol. The normalized spacial score (nSPS) is 11.4. The van der Waals surface area contributed by atoms with Crippen molar-refractivity contribution in [2.75, 3.05) is 25.9 Å². The molecular formula is C10H19N3O4S. The Morgan fingerprint density at radius 2 is 1.83 bits per heavy atom. The fourth-order valence-electron chi connectivity index (χ4n) is 0.967. The van der Waals surface area contributed by atoms with E-state index in [0.29, 0.717) is 11.8 Å². The van der Waals surface area contributed by atoms with Crippen LogP contribution in [0.4, 0.5) is 4.79 Å². The van der Waals surface area contributed by atoms with Crippen LogP contribution >= 0.6 is 11.8 Å². The number of rotatable bonds is 8. The van der Waals surface area contributed by atoms with Gasteiger partial charge < -0.3 is 21.1 Å². The molecule has 0 fully saturated rings. The number of hydrogen-bond acceptors (Lipinski definition) is 4. The van der Waals surface area contributed by atoms with Crippen molar-refractivity contribution in [1.82, 2.24) is 16.0 Å². The van der Waals surface area contributed by atoms with E-state index < -0.39 is 24.5 Å². The fraction of sp³-hybridized carbons (Fsp3) is 0.700. The summed E-state index contributed by atoms with van der Waals surface area (Å²) in [7, 11) is 0. The predicted octanol–water partition coefficient (Wildman–Crippen LogP) is -0.372. The van der Waals surface area contributed by atoms with Crippen LogP contribution in [0.2, 0.25) is 0 Å². The Labute approximate surface area is 110 Å². The van der Waals surface area contributed by atoms with Gasteiger partial charge in [0.25, 0.3) is 0 Å². The van der Waals surface area contributed by atoms with E-state index in [4.69, 9.17) is 5.11 Å². The molecule has 0 aliphatic rings. The summed E-state index contributed by atoms with van der Waals surface area (Å²) >= 11 is 1.71. The second-order valence-corrected chi connectivity index (χ2v) is 4.89. The number of carboxylic acids is 1. The summed E-state index contributed by atoms with van der Waals surface area (Å²) in [6.07, 6.45) is 2.84. The Morgan fingerprint density at radius 1 is 1.17 bits per heavy atom. The zero-order valence-corrected chi connectivity index (χ0v) is 11.3. The number of hydrogen-bond donors (Lipinski definition) is 4. The minimum absolute atomic E-state index is 0.239. The molecule has 0 saturated carbocycles. The number of carbonyl (C=O) groups is 3. The van der Waals surface area contributed by atoms with Crippen LogP contribution in [0.3, 0.4) is 0 Å². The molecule has 3 amide bonds. The summed E-state index contributed by atoms with van der Waals surface area (Å²) in [5, 5.41) is 15.9. The van der Waals surface area contributed by atoms with Crippen LogP contribution in [-0.4, -0.2) is 54.2 Å². The van der Waals surface area contributed by atoms with Gasteiger partial charge in [-0.05, 0) is 12.7 Å². The highest BCUT2D eigenvalue weighted by Gasteiger charge is 2.06. The second kappa shape index (κ2) is 9.58. The van der Waals surface area contributed by atoms with Crippen LogP contribution in [0.5, 0.6) is 0 Å². The van der Waals surface area contributed by atoms with Gasteiger partial charge in [0, 0.05) is 11.8 Å². The Balaban J connectivity index is 3.58. The van der Waals surface area contributed by atoms with Gasteiger partial charge in [-0.25, -0.2) is 4.79 Å². The first-order valence-corrected chi connectivity index (χ1v) is 6.77. The summed E-state index contributed by atoms with van der Waals surface area (Å²) in [4.78, 5) is 32.4. The number of carbonyl (C=O) groups excluding carboxylic acids is 2. The van der Waals surface area contributed by atoms with E-state index in [-0.39, 0.29) is 6.54 Å². The smallest absolute Gasteiger partial charge is 0.322 e. The van der Waals surface area contributed by atoms with Gasteiger partial charge in [0.05, 0.1) is 6.54 Å². The molecule has 0 aromatic carbocycles. The average Bonchev–Trinajstić information content (AvgIpc) is 2.33. The number of thioether (sulfide) groups is 1. The van der Waals surface area contributed by atoms with Crippen molar-refractivity contribution in [3.05, 3.63) is 0 Å². The molecule has 0 aliphatic heterocycles. The van der Waals surface area contributed by atoms with Crippen LogP contribution in [0.1, 0.15) is 13.3 Å². The van der Waals surface area contributed by atoms with Crippen LogP contribution in [0.15, 0.2) is 0 Å². The highest BCUT2D eigenvalue weighted by atomic mass is 32.2. The number of aliphatic carboxylic acids is 1. The van der Waals surface area contributed by atoms with E-state index >= 15 is 0 Å². The van der Waals surface area contributed by atoms with Crippen molar-refractivity contribution in [3.63, 3.8) is 0 Å². The lowest BCUT2D eigenvalue weighted by molar-refractivity contribution is -0.137. The highest BCUT2D eigenvalue weighted by molar-refractivity contribution is 7.99. The molecular weight excluding hydrogens is 258 g/mol. The zero-order chi connectivity index (χ0) is 14.0. The molecule has 0 saturated heterocycles. The molecule has 0 radical (unpaired) electrons.